The molecule has 2 heterocycles. The van der Waals surface area contributed by atoms with E-state index in [1.165, 1.54) is 17.7 Å². The van der Waals surface area contributed by atoms with Gasteiger partial charge in [0.1, 0.15) is 11.6 Å². The summed E-state index contributed by atoms with van der Waals surface area (Å²) in [6.45, 7) is 3.55. The minimum atomic E-state index is -0.182. The Balaban J connectivity index is 1.32. The van der Waals surface area contributed by atoms with Crippen molar-refractivity contribution in [2.45, 2.75) is 32.0 Å². The highest BCUT2D eigenvalue weighted by Crippen LogP contribution is 2.22. The summed E-state index contributed by atoms with van der Waals surface area (Å²) >= 11 is 0. The number of guanidine groups is 1. The zero-order valence-corrected chi connectivity index (χ0v) is 19.7. The molecule has 0 unspecified atom stereocenters. The molecule has 1 aromatic heterocycles. The fraction of sp³-hybridized carbons (Fsp3) is 0.385. The lowest BCUT2D eigenvalue weighted by Crippen LogP contribution is -2.48. The van der Waals surface area contributed by atoms with Gasteiger partial charge >= 0.3 is 0 Å². The van der Waals surface area contributed by atoms with E-state index in [1.54, 1.807) is 0 Å². The zero-order valence-electron chi connectivity index (χ0n) is 19.7. The number of aromatic nitrogens is 1. The second kappa shape index (κ2) is 10.6. The Kier molecular flexibility index (Phi) is 7.40. The molecule has 33 heavy (non-hydrogen) atoms. The van der Waals surface area contributed by atoms with E-state index < -0.39 is 0 Å². The lowest BCUT2D eigenvalue weighted by atomic mass is 10.0. The standard InChI is InChI=1S/C26H33FN6/c1-28-26(29-17-20-16-25(32(2)3)31-24-7-5-4-6-23(20)24)30-22-12-14-33(15-13-22)18-19-8-10-21(27)11-9-19/h4-11,16,22H,12-15,17-18H2,1-3H3,(H2,28,29,30). The zero-order chi connectivity index (χ0) is 23.2. The minimum absolute atomic E-state index is 0.182. The quantitative estimate of drug-likeness (QED) is 0.444. The van der Waals surface area contributed by atoms with Gasteiger partial charge in [-0.2, -0.15) is 0 Å². The Morgan fingerprint density at radius 1 is 1.12 bits per heavy atom. The van der Waals surface area contributed by atoms with Gasteiger partial charge in [-0.1, -0.05) is 30.3 Å². The van der Waals surface area contributed by atoms with E-state index in [1.807, 2.05) is 44.2 Å². The molecule has 7 heteroatoms. The molecule has 0 radical (unpaired) electrons. The predicted molar refractivity (Wildman–Crippen MR) is 134 cm³/mol. The lowest BCUT2D eigenvalue weighted by Gasteiger charge is -2.33. The highest BCUT2D eigenvalue weighted by atomic mass is 19.1. The normalized spacial score (nSPS) is 15.6. The first-order valence-corrected chi connectivity index (χ1v) is 11.5. The van der Waals surface area contributed by atoms with Crippen molar-refractivity contribution in [1.82, 2.24) is 20.5 Å². The number of likely N-dealkylation sites (tertiary alicyclic amines) is 1. The molecular weight excluding hydrogens is 415 g/mol. The highest BCUT2D eigenvalue weighted by Gasteiger charge is 2.20. The molecule has 1 aliphatic heterocycles. The van der Waals surface area contributed by atoms with Gasteiger partial charge in [0, 0.05) is 58.8 Å². The van der Waals surface area contributed by atoms with Gasteiger partial charge in [-0.3, -0.25) is 9.89 Å². The molecule has 2 N–H and O–H groups in total. The van der Waals surface area contributed by atoms with Crippen LogP contribution in [-0.4, -0.2) is 56.1 Å². The number of piperidine rings is 1. The number of nitrogens with zero attached hydrogens (tertiary/aromatic N) is 4. The number of pyridine rings is 1. The molecule has 1 fully saturated rings. The third kappa shape index (κ3) is 5.99. The van der Waals surface area contributed by atoms with Crippen LogP contribution in [0.15, 0.2) is 59.6 Å². The van der Waals surface area contributed by atoms with E-state index >= 15 is 0 Å². The molecule has 174 valence electrons. The maximum absolute atomic E-state index is 13.1. The van der Waals surface area contributed by atoms with Crippen molar-refractivity contribution in [2.75, 3.05) is 39.1 Å². The van der Waals surface area contributed by atoms with Gasteiger partial charge in [0.2, 0.25) is 0 Å². The summed E-state index contributed by atoms with van der Waals surface area (Å²) < 4.78 is 13.1. The van der Waals surface area contributed by atoms with E-state index in [0.29, 0.717) is 12.6 Å². The molecule has 3 aromatic rings. The Morgan fingerprint density at radius 2 is 1.85 bits per heavy atom. The first-order chi connectivity index (χ1) is 16.0. The number of fused-ring (bicyclic) bond motifs is 1. The van der Waals surface area contributed by atoms with Crippen molar-refractivity contribution < 1.29 is 4.39 Å². The van der Waals surface area contributed by atoms with Gasteiger partial charge in [-0.05, 0) is 48.2 Å². The summed E-state index contributed by atoms with van der Waals surface area (Å²) in [4.78, 5) is 13.7. The smallest absolute Gasteiger partial charge is 0.191 e. The van der Waals surface area contributed by atoms with Crippen LogP contribution in [0.25, 0.3) is 10.9 Å². The molecule has 6 nitrogen and oxygen atoms in total. The van der Waals surface area contributed by atoms with Crippen molar-refractivity contribution in [3.63, 3.8) is 0 Å². The van der Waals surface area contributed by atoms with Crippen LogP contribution in [0, 0.1) is 5.82 Å². The van der Waals surface area contributed by atoms with E-state index in [-0.39, 0.29) is 5.82 Å². The maximum atomic E-state index is 13.1. The molecule has 0 aliphatic carbocycles. The van der Waals surface area contributed by atoms with Crippen LogP contribution in [0.2, 0.25) is 0 Å². The van der Waals surface area contributed by atoms with Crippen molar-refractivity contribution in [3.05, 3.63) is 71.5 Å². The van der Waals surface area contributed by atoms with Crippen LogP contribution in [0.1, 0.15) is 24.0 Å². The second-order valence-corrected chi connectivity index (χ2v) is 8.80. The molecular formula is C26H33FN6. The Hall–Kier alpha value is -3.19. The summed E-state index contributed by atoms with van der Waals surface area (Å²) in [5.41, 5.74) is 3.35. The topological polar surface area (TPSA) is 55.8 Å². The van der Waals surface area contributed by atoms with Crippen molar-refractivity contribution in [3.8, 4) is 0 Å². The van der Waals surface area contributed by atoms with Gasteiger partial charge in [0.25, 0.3) is 0 Å². The number of hydrogen-bond acceptors (Lipinski definition) is 4. The molecule has 0 saturated carbocycles. The average Bonchev–Trinajstić information content (AvgIpc) is 2.83. The van der Waals surface area contributed by atoms with Crippen molar-refractivity contribution in [2.24, 2.45) is 4.99 Å². The average molecular weight is 449 g/mol. The van der Waals surface area contributed by atoms with E-state index in [9.17, 15) is 4.39 Å². The van der Waals surface area contributed by atoms with E-state index in [2.05, 4.69) is 44.8 Å². The number of para-hydroxylation sites is 1. The predicted octanol–water partition coefficient (Wildman–Crippen LogP) is 3.77. The van der Waals surface area contributed by atoms with E-state index in [4.69, 9.17) is 4.98 Å². The van der Waals surface area contributed by atoms with Crippen molar-refractivity contribution >= 4 is 22.7 Å². The third-order valence-electron chi connectivity index (χ3n) is 6.16. The summed E-state index contributed by atoms with van der Waals surface area (Å²) in [6, 6.07) is 17.6. The number of hydrogen-bond donors (Lipinski definition) is 2. The summed E-state index contributed by atoms with van der Waals surface area (Å²) in [5, 5.41) is 8.23. The van der Waals surface area contributed by atoms with E-state index in [0.717, 1.165) is 60.7 Å². The summed E-state index contributed by atoms with van der Waals surface area (Å²) in [5.74, 6) is 1.58. The lowest BCUT2D eigenvalue weighted by molar-refractivity contribution is 0.198. The van der Waals surface area contributed by atoms with Gasteiger partial charge in [0.15, 0.2) is 5.96 Å². The van der Waals surface area contributed by atoms with Gasteiger partial charge < -0.3 is 15.5 Å². The summed E-state index contributed by atoms with van der Waals surface area (Å²) in [7, 11) is 5.84. The molecule has 4 rings (SSSR count). The number of anilines is 1. The Morgan fingerprint density at radius 3 is 2.55 bits per heavy atom. The maximum Gasteiger partial charge on any atom is 0.191 e. The molecule has 0 bridgehead atoms. The number of halogens is 1. The first-order valence-electron chi connectivity index (χ1n) is 11.5. The summed E-state index contributed by atoms with van der Waals surface area (Å²) in [6.07, 6.45) is 2.09. The third-order valence-corrected chi connectivity index (χ3v) is 6.16. The Bertz CT molecular complexity index is 1090. The fourth-order valence-corrected chi connectivity index (χ4v) is 4.26. The molecule has 0 atom stereocenters. The van der Waals surface area contributed by atoms with Gasteiger partial charge in [0.05, 0.1) is 5.52 Å². The minimum Gasteiger partial charge on any atom is -0.363 e. The monoisotopic (exact) mass is 448 g/mol. The molecule has 1 saturated heterocycles. The van der Waals surface area contributed by atoms with Crippen LogP contribution in [0.3, 0.4) is 0 Å². The van der Waals surface area contributed by atoms with Crippen LogP contribution in [0.5, 0.6) is 0 Å². The van der Waals surface area contributed by atoms with Crippen LogP contribution >= 0.6 is 0 Å². The SMILES string of the molecule is CN=C(NCc1cc(N(C)C)nc2ccccc12)NC1CCN(Cc2ccc(F)cc2)CC1. The fourth-order valence-electron chi connectivity index (χ4n) is 4.26. The number of aliphatic imine (C=N–C) groups is 1. The largest absolute Gasteiger partial charge is 0.363 e. The first kappa shape index (κ1) is 23.0. The Labute approximate surface area is 195 Å². The van der Waals surface area contributed by atoms with Gasteiger partial charge in [-0.15, -0.1) is 0 Å². The second-order valence-electron chi connectivity index (χ2n) is 8.80. The van der Waals surface area contributed by atoms with Crippen LogP contribution in [0.4, 0.5) is 10.2 Å². The molecule has 0 spiro atoms. The van der Waals surface area contributed by atoms with Crippen molar-refractivity contribution in [1.29, 1.82) is 0 Å². The number of benzene rings is 2. The van der Waals surface area contributed by atoms with Crippen LogP contribution < -0.4 is 15.5 Å². The van der Waals surface area contributed by atoms with Gasteiger partial charge in [-0.25, -0.2) is 9.37 Å². The molecule has 2 aromatic carbocycles. The van der Waals surface area contributed by atoms with Crippen LogP contribution in [-0.2, 0) is 13.1 Å². The number of rotatable bonds is 6. The highest BCUT2D eigenvalue weighted by molar-refractivity contribution is 5.85. The molecule has 0 amide bonds. The molecule has 1 aliphatic rings. The number of nitrogens with one attached hydrogen (secondary N) is 2.